The maximum atomic E-state index is 14.3. The van der Waals surface area contributed by atoms with Gasteiger partial charge in [0.15, 0.2) is 0 Å². The van der Waals surface area contributed by atoms with Gasteiger partial charge >= 0.3 is 0 Å². The quantitative estimate of drug-likeness (QED) is 0.842. The highest BCUT2D eigenvalue weighted by Crippen LogP contribution is 2.42. The number of rotatable bonds is 3. The third-order valence-corrected chi connectivity index (χ3v) is 3.41. The van der Waals surface area contributed by atoms with Gasteiger partial charge in [-0.05, 0) is 19.0 Å². The van der Waals surface area contributed by atoms with Gasteiger partial charge in [0.2, 0.25) is 0 Å². The van der Waals surface area contributed by atoms with Gasteiger partial charge in [-0.25, -0.2) is 13.2 Å². The monoisotopic (exact) mass is 257 g/mol. The number of benzene rings is 1. The third-order valence-electron chi connectivity index (χ3n) is 3.41. The first kappa shape index (κ1) is 13.1. The Morgan fingerprint density at radius 2 is 2.06 bits per heavy atom. The van der Waals surface area contributed by atoms with E-state index in [1.807, 2.05) is 0 Å². The van der Waals surface area contributed by atoms with Crippen molar-refractivity contribution in [1.82, 2.24) is 5.32 Å². The van der Waals surface area contributed by atoms with E-state index >= 15 is 0 Å². The average molecular weight is 257 g/mol. The molecule has 1 aromatic carbocycles. The number of nitrogens with one attached hydrogen (secondary N) is 1. The first-order valence-corrected chi connectivity index (χ1v) is 5.86. The van der Waals surface area contributed by atoms with E-state index in [1.165, 1.54) is 12.1 Å². The van der Waals surface area contributed by atoms with Crippen molar-refractivity contribution in [1.29, 1.82) is 0 Å². The van der Waals surface area contributed by atoms with E-state index in [9.17, 15) is 18.0 Å². The number of aldehydes is 1. The minimum Gasteiger partial charge on any atom is -0.316 e. The molecule has 2 atom stereocenters. The standard InChI is InChI=1S/C13H14F3NO/c14-12-4-2-1-3-10(12)13(15,16)11-7-17-6-5-9(11)8-18/h1-4,8-9,11,17H,5-7H2. The van der Waals surface area contributed by atoms with E-state index in [-0.39, 0.29) is 6.54 Å². The molecule has 0 saturated carbocycles. The summed E-state index contributed by atoms with van der Waals surface area (Å²) in [6, 6.07) is 4.82. The molecule has 1 aromatic rings. The molecule has 1 aliphatic rings. The summed E-state index contributed by atoms with van der Waals surface area (Å²) in [6.07, 6.45) is 0.915. The van der Waals surface area contributed by atoms with Crippen LogP contribution in [0.1, 0.15) is 12.0 Å². The van der Waals surface area contributed by atoms with Crippen molar-refractivity contribution in [3.8, 4) is 0 Å². The summed E-state index contributed by atoms with van der Waals surface area (Å²) >= 11 is 0. The molecule has 0 radical (unpaired) electrons. The Kier molecular flexibility index (Phi) is 3.71. The first-order chi connectivity index (χ1) is 8.57. The van der Waals surface area contributed by atoms with Gasteiger partial charge in [-0.15, -0.1) is 0 Å². The SMILES string of the molecule is O=CC1CCNCC1C(F)(F)c1ccccc1F. The molecular formula is C13H14F3NO. The molecule has 1 fully saturated rings. The normalized spacial score (nSPS) is 24.8. The summed E-state index contributed by atoms with van der Waals surface area (Å²) in [6.45, 7) is 0.554. The van der Waals surface area contributed by atoms with Crippen LogP contribution in [-0.2, 0) is 10.7 Å². The molecule has 0 aliphatic carbocycles. The Morgan fingerprint density at radius 1 is 1.33 bits per heavy atom. The lowest BCUT2D eigenvalue weighted by atomic mass is 9.80. The highest BCUT2D eigenvalue weighted by molar-refractivity contribution is 5.55. The van der Waals surface area contributed by atoms with Gasteiger partial charge in [0.1, 0.15) is 12.1 Å². The fraction of sp³-hybridized carbons (Fsp3) is 0.462. The van der Waals surface area contributed by atoms with E-state index in [0.29, 0.717) is 19.3 Å². The van der Waals surface area contributed by atoms with Crippen molar-refractivity contribution in [3.63, 3.8) is 0 Å². The molecule has 2 rings (SSSR count). The van der Waals surface area contributed by atoms with Gasteiger partial charge in [-0.2, -0.15) is 0 Å². The smallest absolute Gasteiger partial charge is 0.280 e. The number of alkyl halides is 2. The minimum atomic E-state index is -3.34. The Labute approximate surface area is 103 Å². The second-order valence-electron chi connectivity index (χ2n) is 4.50. The van der Waals surface area contributed by atoms with Crippen LogP contribution >= 0.6 is 0 Å². The largest absolute Gasteiger partial charge is 0.316 e. The molecule has 2 unspecified atom stereocenters. The van der Waals surface area contributed by atoms with Gasteiger partial charge in [-0.3, -0.25) is 0 Å². The van der Waals surface area contributed by atoms with Gasteiger partial charge in [0, 0.05) is 18.4 Å². The van der Waals surface area contributed by atoms with Crippen LogP contribution in [0.5, 0.6) is 0 Å². The lowest BCUT2D eigenvalue weighted by Gasteiger charge is -2.34. The zero-order chi connectivity index (χ0) is 13.2. The number of carbonyl (C=O) groups is 1. The van der Waals surface area contributed by atoms with E-state index in [0.717, 1.165) is 12.1 Å². The number of halogens is 3. The van der Waals surface area contributed by atoms with E-state index in [1.54, 1.807) is 0 Å². The second kappa shape index (κ2) is 5.10. The van der Waals surface area contributed by atoms with E-state index < -0.39 is 29.1 Å². The zero-order valence-corrected chi connectivity index (χ0v) is 9.70. The van der Waals surface area contributed by atoms with Crippen LogP contribution in [-0.4, -0.2) is 19.4 Å². The predicted octanol–water partition coefficient (Wildman–Crippen LogP) is 2.34. The van der Waals surface area contributed by atoms with Crippen molar-refractivity contribution in [2.24, 2.45) is 11.8 Å². The summed E-state index contributed by atoms with van der Waals surface area (Å²) in [5.74, 6) is -6.20. The maximum Gasteiger partial charge on any atom is 0.280 e. The molecule has 0 spiro atoms. The van der Waals surface area contributed by atoms with Crippen LogP contribution in [0.3, 0.4) is 0 Å². The summed E-state index contributed by atoms with van der Waals surface area (Å²) < 4.78 is 42.1. The van der Waals surface area contributed by atoms with Crippen LogP contribution < -0.4 is 5.32 Å². The van der Waals surface area contributed by atoms with Crippen LogP contribution in [0.4, 0.5) is 13.2 Å². The Morgan fingerprint density at radius 3 is 2.72 bits per heavy atom. The highest BCUT2D eigenvalue weighted by atomic mass is 19.3. The van der Waals surface area contributed by atoms with Crippen LogP contribution in [0, 0.1) is 17.7 Å². The molecule has 1 saturated heterocycles. The third kappa shape index (κ3) is 2.27. The number of hydrogen-bond donors (Lipinski definition) is 1. The lowest BCUT2D eigenvalue weighted by Crippen LogP contribution is -2.45. The minimum absolute atomic E-state index is 0.0186. The Balaban J connectivity index is 2.34. The molecule has 1 aliphatic heterocycles. The number of carbonyl (C=O) groups excluding carboxylic acids is 1. The van der Waals surface area contributed by atoms with Gasteiger partial charge in [0.05, 0.1) is 5.56 Å². The molecule has 5 heteroatoms. The summed E-state index contributed by atoms with van der Waals surface area (Å²) in [5, 5.41) is 2.83. The van der Waals surface area contributed by atoms with Crippen molar-refractivity contribution in [2.75, 3.05) is 13.1 Å². The van der Waals surface area contributed by atoms with Crippen LogP contribution in [0.2, 0.25) is 0 Å². The molecule has 1 N–H and O–H groups in total. The van der Waals surface area contributed by atoms with E-state index in [4.69, 9.17) is 0 Å². The number of piperidine rings is 1. The van der Waals surface area contributed by atoms with E-state index in [2.05, 4.69) is 5.32 Å². The second-order valence-corrected chi connectivity index (χ2v) is 4.50. The molecule has 0 bridgehead atoms. The van der Waals surface area contributed by atoms with Crippen LogP contribution in [0.15, 0.2) is 24.3 Å². The highest BCUT2D eigenvalue weighted by Gasteiger charge is 2.47. The lowest BCUT2D eigenvalue weighted by molar-refractivity contribution is -0.127. The molecular weight excluding hydrogens is 243 g/mol. The fourth-order valence-electron chi connectivity index (χ4n) is 2.37. The van der Waals surface area contributed by atoms with Crippen molar-refractivity contribution in [2.45, 2.75) is 12.3 Å². The molecule has 2 nitrogen and oxygen atoms in total. The molecule has 98 valence electrons. The topological polar surface area (TPSA) is 29.1 Å². The van der Waals surface area contributed by atoms with Gasteiger partial charge < -0.3 is 10.1 Å². The average Bonchev–Trinajstić information content (AvgIpc) is 2.39. The zero-order valence-electron chi connectivity index (χ0n) is 9.70. The molecule has 0 aromatic heterocycles. The predicted molar refractivity (Wildman–Crippen MR) is 60.8 cm³/mol. The van der Waals surface area contributed by atoms with Gasteiger partial charge in [-0.1, -0.05) is 18.2 Å². The summed E-state index contributed by atoms with van der Waals surface area (Å²) in [4.78, 5) is 10.9. The summed E-state index contributed by atoms with van der Waals surface area (Å²) in [5.41, 5.74) is -0.634. The van der Waals surface area contributed by atoms with Crippen LogP contribution in [0.25, 0.3) is 0 Å². The van der Waals surface area contributed by atoms with Crippen molar-refractivity contribution >= 4 is 6.29 Å². The molecule has 1 heterocycles. The van der Waals surface area contributed by atoms with Crippen molar-refractivity contribution in [3.05, 3.63) is 35.6 Å². The first-order valence-electron chi connectivity index (χ1n) is 5.86. The maximum absolute atomic E-state index is 14.3. The molecule has 0 amide bonds. The molecule has 18 heavy (non-hydrogen) atoms. The Hall–Kier alpha value is -1.36. The summed E-state index contributed by atoms with van der Waals surface area (Å²) in [7, 11) is 0. The number of hydrogen-bond acceptors (Lipinski definition) is 2. The van der Waals surface area contributed by atoms with Gasteiger partial charge in [0.25, 0.3) is 5.92 Å². The Bertz CT molecular complexity index is 436. The fourth-order valence-corrected chi connectivity index (χ4v) is 2.37. The van der Waals surface area contributed by atoms with Crippen molar-refractivity contribution < 1.29 is 18.0 Å².